The zero-order valence-electron chi connectivity index (χ0n) is 9.38. The summed E-state index contributed by atoms with van der Waals surface area (Å²) in [4.78, 5) is 26.8. The first-order valence-corrected chi connectivity index (χ1v) is 5.49. The van der Waals surface area contributed by atoms with Crippen LogP contribution in [0, 0.1) is 0 Å². The van der Waals surface area contributed by atoms with Gasteiger partial charge in [0.15, 0.2) is 5.58 Å². The van der Waals surface area contributed by atoms with Gasteiger partial charge < -0.3 is 14.9 Å². The van der Waals surface area contributed by atoms with Gasteiger partial charge in [0.1, 0.15) is 6.10 Å². The van der Waals surface area contributed by atoms with E-state index in [2.05, 4.69) is 4.98 Å². The fraction of sp³-hybridized carbons (Fsp3) is 0.273. The fourth-order valence-electron chi connectivity index (χ4n) is 2.01. The SMILES string of the molecule is NCC1CN(c2cccc3[nH]c(=O)oc23)C(=O)O1. The standard InChI is InChI=1S/C11H11N3O4/c12-4-6-5-14(11(16)17-6)8-3-1-2-7-9(8)18-10(15)13-7/h1-3,6H,4-5,12H2,(H,13,15). The average Bonchev–Trinajstić information content (AvgIpc) is 2.90. The number of nitrogens with one attached hydrogen (secondary N) is 1. The number of carbonyl (C=O) groups excluding carboxylic acids is 1. The molecule has 2 heterocycles. The van der Waals surface area contributed by atoms with Crippen LogP contribution >= 0.6 is 0 Å². The van der Waals surface area contributed by atoms with Crippen LogP contribution in [0.15, 0.2) is 27.4 Å². The minimum atomic E-state index is -0.555. The van der Waals surface area contributed by atoms with Gasteiger partial charge in [-0.2, -0.15) is 0 Å². The highest BCUT2D eigenvalue weighted by atomic mass is 16.6. The molecule has 1 fully saturated rings. The second kappa shape index (κ2) is 3.88. The number of fused-ring (bicyclic) bond motifs is 1. The van der Waals surface area contributed by atoms with Gasteiger partial charge in [0, 0.05) is 6.54 Å². The quantitative estimate of drug-likeness (QED) is 0.802. The largest absolute Gasteiger partial charge is 0.443 e. The molecule has 0 spiro atoms. The third kappa shape index (κ3) is 1.56. The number of benzene rings is 1. The first-order valence-electron chi connectivity index (χ1n) is 5.49. The lowest BCUT2D eigenvalue weighted by Gasteiger charge is -2.12. The van der Waals surface area contributed by atoms with Gasteiger partial charge >= 0.3 is 11.8 Å². The molecule has 1 aliphatic heterocycles. The second-order valence-electron chi connectivity index (χ2n) is 4.02. The molecule has 0 bridgehead atoms. The number of H-pyrrole nitrogens is 1. The number of para-hydroxylation sites is 1. The Balaban J connectivity index is 2.09. The highest BCUT2D eigenvalue weighted by molar-refractivity contribution is 5.98. The number of anilines is 1. The van der Waals surface area contributed by atoms with Crippen LogP contribution in [-0.4, -0.2) is 30.3 Å². The molecule has 0 radical (unpaired) electrons. The van der Waals surface area contributed by atoms with Crippen molar-refractivity contribution in [1.29, 1.82) is 0 Å². The van der Waals surface area contributed by atoms with Crippen molar-refractivity contribution in [3.05, 3.63) is 28.7 Å². The van der Waals surface area contributed by atoms with E-state index in [0.29, 0.717) is 23.3 Å². The van der Waals surface area contributed by atoms with E-state index in [0.717, 1.165) is 0 Å². The van der Waals surface area contributed by atoms with E-state index < -0.39 is 11.8 Å². The summed E-state index contributed by atoms with van der Waals surface area (Å²) in [5.41, 5.74) is 6.86. The second-order valence-corrected chi connectivity index (χ2v) is 4.02. The maximum absolute atomic E-state index is 11.7. The summed E-state index contributed by atoms with van der Waals surface area (Å²) in [5, 5.41) is 0. The van der Waals surface area contributed by atoms with Crippen LogP contribution in [0.1, 0.15) is 0 Å². The van der Waals surface area contributed by atoms with Crippen molar-refractivity contribution in [2.75, 3.05) is 18.0 Å². The van der Waals surface area contributed by atoms with Gasteiger partial charge in [0.05, 0.1) is 17.7 Å². The third-order valence-electron chi connectivity index (χ3n) is 2.85. The molecule has 1 amide bonds. The summed E-state index contributed by atoms with van der Waals surface area (Å²) in [6, 6.07) is 5.12. The van der Waals surface area contributed by atoms with Crippen LogP contribution in [0.2, 0.25) is 0 Å². The Morgan fingerprint density at radius 1 is 1.44 bits per heavy atom. The molecule has 2 aromatic rings. The van der Waals surface area contributed by atoms with Crippen molar-refractivity contribution < 1.29 is 13.9 Å². The predicted molar refractivity (Wildman–Crippen MR) is 63.5 cm³/mol. The van der Waals surface area contributed by atoms with E-state index in [1.165, 1.54) is 4.90 Å². The Bertz CT molecular complexity index is 660. The average molecular weight is 249 g/mol. The Morgan fingerprint density at radius 2 is 2.28 bits per heavy atom. The first kappa shape index (κ1) is 10.8. The number of ether oxygens (including phenoxy) is 1. The van der Waals surface area contributed by atoms with Gasteiger partial charge in [-0.15, -0.1) is 0 Å². The molecule has 1 unspecified atom stereocenters. The van der Waals surface area contributed by atoms with Crippen molar-refractivity contribution in [2.24, 2.45) is 5.73 Å². The number of hydrogen-bond donors (Lipinski definition) is 2. The van der Waals surface area contributed by atoms with Crippen LogP contribution in [0.4, 0.5) is 10.5 Å². The summed E-state index contributed by atoms with van der Waals surface area (Å²) in [5.74, 6) is -0.555. The number of cyclic esters (lactones) is 1. The number of oxazole rings is 1. The molecule has 3 rings (SSSR count). The molecule has 1 atom stereocenters. The van der Waals surface area contributed by atoms with Crippen LogP contribution in [0.5, 0.6) is 0 Å². The van der Waals surface area contributed by atoms with E-state index in [1.807, 2.05) is 0 Å². The summed E-state index contributed by atoms with van der Waals surface area (Å²) in [7, 11) is 0. The fourth-order valence-corrected chi connectivity index (χ4v) is 2.01. The van der Waals surface area contributed by atoms with E-state index in [1.54, 1.807) is 18.2 Å². The molecule has 94 valence electrons. The molecule has 1 aromatic heterocycles. The Kier molecular flexibility index (Phi) is 2.34. The number of nitrogens with two attached hydrogens (primary N) is 1. The number of amides is 1. The number of hydrogen-bond acceptors (Lipinski definition) is 5. The van der Waals surface area contributed by atoms with Gasteiger partial charge in [-0.3, -0.25) is 9.88 Å². The van der Waals surface area contributed by atoms with E-state index in [-0.39, 0.29) is 12.6 Å². The Morgan fingerprint density at radius 3 is 3.00 bits per heavy atom. The van der Waals surface area contributed by atoms with E-state index in [9.17, 15) is 9.59 Å². The predicted octanol–water partition coefficient (Wildman–Crippen LogP) is 0.405. The molecule has 18 heavy (non-hydrogen) atoms. The first-order chi connectivity index (χ1) is 8.69. The van der Waals surface area contributed by atoms with Crippen molar-refractivity contribution in [1.82, 2.24) is 4.98 Å². The molecule has 1 saturated heterocycles. The minimum Gasteiger partial charge on any atom is -0.443 e. The highest BCUT2D eigenvalue weighted by Gasteiger charge is 2.33. The van der Waals surface area contributed by atoms with Gasteiger partial charge in [0.25, 0.3) is 0 Å². The summed E-state index contributed by atoms with van der Waals surface area (Å²) >= 11 is 0. The van der Waals surface area contributed by atoms with Crippen molar-refractivity contribution >= 4 is 22.9 Å². The lowest BCUT2D eigenvalue weighted by atomic mass is 10.2. The van der Waals surface area contributed by atoms with Gasteiger partial charge in [-0.05, 0) is 12.1 Å². The maximum Gasteiger partial charge on any atom is 0.417 e. The highest BCUT2D eigenvalue weighted by Crippen LogP contribution is 2.28. The third-order valence-corrected chi connectivity index (χ3v) is 2.85. The van der Waals surface area contributed by atoms with Crippen LogP contribution in [0.3, 0.4) is 0 Å². The van der Waals surface area contributed by atoms with Crippen LogP contribution in [-0.2, 0) is 4.74 Å². The number of nitrogens with zero attached hydrogens (tertiary/aromatic N) is 1. The molecule has 0 aliphatic carbocycles. The smallest absolute Gasteiger partial charge is 0.417 e. The monoisotopic (exact) mass is 249 g/mol. The van der Waals surface area contributed by atoms with Gasteiger partial charge in [-0.25, -0.2) is 9.59 Å². The van der Waals surface area contributed by atoms with Crippen molar-refractivity contribution in [3.8, 4) is 0 Å². The topological polar surface area (TPSA) is 102 Å². The lowest BCUT2D eigenvalue weighted by Crippen LogP contribution is -2.27. The lowest BCUT2D eigenvalue weighted by molar-refractivity contribution is 0.145. The maximum atomic E-state index is 11.7. The van der Waals surface area contributed by atoms with Crippen LogP contribution in [0.25, 0.3) is 11.1 Å². The molecular weight excluding hydrogens is 238 g/mol. The van der Waals surface area contributed by atoms with Crippen molar-refractivity contribution in [3.63, 3.8) is 0 Å². The van der Waals surface area contributed by atoms with Gasteiger partial charge in [-0.1, -0.05) is 6.07 Å². The van der Waals surface area contributed by atoms with E-state index in [4.69, 9.17) is 14.9 Å². The number of aromatic nitrogens is 1. The number of aromatic amines is 1. The molecule has 1 aliphatic rings. The molecule has 3 N–H and O–H groups in total. The zero-order valence-corrected chi connectivity index (χ0v) is 9.38. The summed E-state index contributed by atoms with van der Waals surface area (Å²) in [6.07, 6.45) is -0.819. The zero-order chi connectivity index (χ0) is 12.7. The minimum absolute atomic E-state index is 0.259. The molecule has 7 heteroatoms. The molecule has 7 nitrogen and oxygen atoms in total. The van der Waals surface area contributed by atoms with Gasteiger partial charge in [0.2, 0.25) is 0 Å². The molecule has 0 saturated carbocycles. The van der Waals surface area contributed by atoms with Crippen LogP contribution < -0.4 is 16.4 Å². The molecule has 1 aromatic carbocycles. The molecular formula is C11H11N3O4. The number of carbonyl (C=O) groups is 1. The Hall–Kier alpha value is -2.28. The Labute approximate surface area is 101 Å². The van der Waals surface area contributed by atoms with Crippen molar-refractivity contribution in [2.45, 2.75) is 6.10 Å². The summed E-state index contributed by atoms with van der Waals surface area (Å²) in [6.45, 7) is 0.610. The normalized spacial score (nSPS) is 19.5. The summed E-state index contributed by atoms with van der Waals surface area (Å²) < 4.78 is 10.1. The van der Waals surface area contributed by atoms with E-state index >= 15 is 0 Å². The number of rotatable bonds is 2.